The van der Waals surface area contributed by atoms with E-state index >= 15 is 0 Å². The first-order chi connectivity index (χ1) is 17.2. The Balaban J connectivity index is 1.81. The van der Waals surface area contributed by atoms with Crippen LogP contribution in [0.1, 0.15) is 37.0 Å². The zero-order valence-electron chi connectivity index (χ0n) is 20.2. The summed E-state index contributed by atoms with van der Waals surface area (Å²) in [6.07, 6.45) is 0.670. The molecular weight excluding hydrogens is 500 g/mol. The van der Waals surface area contributed by atoms with Crippen molar-refractivity contribution in [1.29, 1.82) is 0 Å². The van der Waals surface area contributed by atoms with Gasteiger partial charge in [0.25, 0.3) is 5.91 Å². The van der Waals surface area contributed by atoms with Crippen LogP contribution in [0.15, 0.2) is 65.7 Å². The second kappa shape index (κ2) is 10.8. The van der Waals surface area contributed by atoms with Gasteiger partial charge in [-0.25, -0.2) is 4.39 Å². The van der Waals surface area contributed by atoms with Crippen molar-refractivity contribution in [2.75, 3.05) is 16.8 Å². The van der Waals surface area contributed by atoms with E-state index in [0.717, 1.165) is 5.56 Å². The van der Waals surface area contributed by atoms with Crippen LogP contribution in [0.3, 0.4) is 0 Å². The summed E-state index contributed by atoms with van der Waals surface area (Å²) < 4.78 is 14.9. The molecule has 1 aliphatic rings. The maximum absolute atomic E-state index is 14.9. The quantitative estimate of drug-likeness (QED) is 0.390. The minimum atomic E-state index is -0.809. The molecule has 36 heavy (non-hydrogen) atoms. The number of hydrogen-bond acceptors (Lipinski definition) is 3. The fourth-order valence-electron chi connectivity index (χ4n) is 4.18. The summed E-state index contributed by atoms with van der Waals surface area (Å²) in [4.78, 5) is 33.2. The molecule has 1 heterocycles. The van der Waals surface area contributed by atoms with Crippen LogP contribution in [0.5, 0.6) is 0 Å². The lowest BCUT2D eigenvalue weighted by Crippen LogP contribution is -2.44. The van der Waals surface area contributed by atoms with E-state index in [4.69, 9.17) is 28.2 Å². The predicted molar refractivity (Wildman–Crippen MR) is 144 cm³/mol. The molecule has 1 aliphatic heterocycles. The first-order valence-electron chi connectivity index (χ1n) is 11.7. The topological polar surface area (TPSA) is 61.8 Å². The van der Waals surface area contributed by atoms with E-state index in [9.17, 15) is 14.0 Å². The number of halogens is 3. The molecular formula is C28H26Cl2FN3O2. The maximum atomic E-state index is 14.9. The van der Waals surface area contributed by atoms with Crippen LogP contribution in [0.25, 0.3) is 0 Å². The Kier molecular flexibility index (Phi) is 7.76. The number of aliphatic imine (C=N–C) groups is 1. The fourth-order valence-corrected chi connectivity index (χ4v) is 4.52. The Morgan fingerprint density at radius 3 is 2.58 bits per heavy atom. The number of fused-ring (bicyclic) bond motifs is 1. The summed E-state index contributed by atoms with van der Waals surface area (Å²) in [6, 6.07) is 15.7. The normalized spacial score (nSPS) is 16.2. The van der Waals surface area contributed by atoms with Crippen LogP contribution < -0.4 is 10.2 Å². The van der Waals surface area contributed by atoms with Crippen molar-refractivity contribution in [1.82, 2.24) is 0 Å². The molecule has 3 aromatic rings. The molecule has 186 valence electrons. The molecule has 0 fully saturated rings. The van der Waals surface area contributed by atoms with Gasteiger partial charge in [-0.1, -0.05) is 61.7 Å². The molecule has 4 rings (SSSR count). The van der Waals surface area contributed by atoms with Crippen LogP contribution in [0.4, 0.5) is 15.8 Å². The highest BCUT2D eigenvalue weighted by Crippen LogP contribution is 2.33. The molecule has 0 aromatic heterocycles. The van der Waals surface area contributed by atoms with Crippen molar-refractivity contribution in [2.24, 2.45) is 10.9 Å². The van der Waals surface area contributed by atoms with Crippen molar-refractivity contribution >= 4 is 52.1 Å². The van der Waals surface area contributed by atoms with Crippen LogP contribution in [0, 0.1) is 18.7 Å². The number of nitrogens with one attached hydrogen (secondary N) is 1. The first kappa shape index (κ1) is 25.9. The van der Waals surface area contributed by atoms with Crippen molar-refractivity contribution in [3.8, 4) is 0 Å². The van der Waals surface area contributed by atoms with E-state index in [1.54, 1.807) is 61.5 Å². The van der Waals surface area contributed by atoms with Gasteiger partial charge in [-0.05, 0) is 60.9 Å². The second-order valence-corrected chi connectivity index (χ2v) is 9.68. The number of carbonyl (C=O) groups excluding carboxylic acids is 2. The molecule has 2 unspecified atom stereocenters. The van der Waals surface area contributed by atoms with Gasteiger partial charge in [0.05, 0.1) is 11.4 Å². The summed E-state index contributed by atoms with van der Waals surface area (Å²) in [6.45, 7) is 5.43. The van der Waals surface area contributed by atoms with Crippen LogP contribution >= 0.6 is 23.2 Å². The van der Waals surface area contributed by atoms with E-state index in [-0.39, 0.29) is 23.9 Å². The minimum absolute atomic E-state index is 0.148. The monoisotopic (exact) mass is 525 g/mol. The molecule has 0 radical (unpaired) electrons. The number of nitrogens with zero attached hydrogens (tertiary/aromatic N) is 2. The van der Waals surface area contributed by atoms with Crippen molar-refractivity contribution < 1.29 is 14.0 Å². The van der Waals surface area contributed by atoms with Gasteiger partial charge in [-0.2, -0.15) is 0 Å². The number of hydrogen-bond donors (Lipinski definition) is 1. The zero-order chi connectivity index (χ0) is 26.0. The Labute approximate surface area is 219 Å². The van der Waals surface area contributed by atoms with Crippen molar-refractivity contribution in [3.05, 3.63) is 93.2 Å². The molecule has 2 atom stereocenters. The molecule has 8 heteroatoms. The Hall–Kier alpha value is -3.22. The lowest BCUT2D eigenvalue weighted by molar-refractivity contribution is -0.123. The standard InChI is InChI=1S/C28H26Cl2FN3O2/c1-4-16(2)26-28(36)34(15-25(35)32-23-11-7-9-21(30)17(23)3)24-13-12-18(29)14-20(24)27(33-26)19-8-5-6-10-22(19)31/h5-14,16,26H,4,15H2,1-3H3,(H,32,35). The number of carbonyl (C=O) groups is 2. The van der Waals surface area contributed by atoms with Gasteiger partial charge in [-0.15, -0.1) is 0 Å². The zero-order valence-corrected chi connectivity index (χ0v) is 21.7. The molecule has 1 N–H and O–H groups in total. The first-order valence-corrected chi connectivity index (χ1v) is 12.5. The molecule has 2 amide bonds. The predicted octanol–water partition coefficient (Wildman–Crippen LogP) is 6.68. The Bertz CT molecular complexity index is 1360. The molecule has 0 aliphatic carbocycles. The summed E-state index contributed by atoms with van der Waals surface area (Å²) >= 11 is 12.5. The average Bonchev–Trinajstić information content (AvgIpc) is 2.96. The third-order valence-electron chi connectivity index (χ3n) is 6.45. The van der Waals surface area contributed by atoms with Crippen LogP contribution in [0.2, 0.25) is 10.0 Å². The molecule has 0 spiro atoms. The van der Waals surface area contributed by atoms with Crippen molar-refractivity contribution in [3.63, 3.8) is 0 Å². The lowest BCUT2D eigenvalue weighted by atomic mass is 9.97. The van der Waals surface area contributed by atoms with E-state index < -0.39 is 17.8 Å². The molecule has 0 bridgehead atoms. The smallest absolute Gasteiger partial charge is 0.252 e. The summed E-state index contributed by atoms with van der Waals surface area (Å²) in [5.74, 6) is -1.34. The number of benzene rings is 3. The second-order valence-electron chi connectivity index (χ2n) is 8.83. The van der Waals surface area contributed by atoms with Crippen LogP contribution in [-0.2, 0) is 9.59 Å². The van der Waals surface area contributed by atoms with E-state index in [2.05, 4.69) is 5.32 Å². The number of anilines is 2. The van der Waals surface area contributed by atoms with Crippen LogP contribution in [-0.4, -0.2) is 30.1 Å². The van der Waals surface area contributed by atoms with Crippen molar-refractivity contribution in [2.45, 2.75) is 33.2 Å². The van der Waals surface area contributed by atoms with E-state index in [0.29, 0.717) is 39.1 Å². The highest BCUT2D eigenvalue weighted by molar-refractivity contribution is 6.32. The number of benzodiazepines with no additional fused rings is 1. The SMILES string of the molecule is CCC(C)C1N=C(c2ccccc2F)c2cc(Cl)ccc2N(CC(=O)Nc2cccc(Cl)c2C)C1=O. The molecule has 5 nitrogen and oxygen atoms in total. The number of rotatable bonds is 6. The highest BCUT2D eigenvalue weighted by Gasteiger charge is 2.36. The lowest BCUT2D eigenvalue weighted by Gasteiger charge is -2.27. The maximum Gasteiger partial charge on any atom is 0.252 e. The average molecular weight is 526 g/mol. The molecule has 0 saturated heterocycles. The van der Waals surface area contributed by atoms with Gasteiger partial charge in [-0.3, -0.25) is 14.6 Å². The summed E-state index contributed by atoms with van der Waals surface area (Å²) in [5, 5.41) is 3.79. The third kappa shape index (κ3) is 5.15. The van der Waals surface area contributed by atoms with Gasteiger partial charge >= 0.3 is 0 Å². The van der Waals surface area contributed by atoms with E-state index in [1.165, 1.54) is 11.0 Å². The summed E-state index contributed by atoms with van der Waals surface area (Å²) in [5.41, 5.74) is 2.81. The van der Waals surface area contributed by atoms with Gasteiger partial charge in [0.15, 0.2) is 0 Å². The molecule has 0 saturated carbocycles. The van der Waals surface area contributed by atoms with Gasteiger partial charge < -0.3 is 10.2 Å². The van der Waals surface area contributed by atoms with Gasteiger partial charge in [0.2, 0.25) is 5.91 Å². The van der Waals surface area contributed by atoms with Gasteiger partial charge in [0, 0.05) is 26.9 Å². The number of amides is 2. The van der Waals surface area contributed by atoms with Gasteiger partial charge in [0.1, 0.15) is 18.4 Å². The van der Waals surface area contributed by atoms with E-state index in [1.807, 2.05) is 13.8 Å². The largest absolute Gasteiger partial charge is 0.324 e. The minimum Gasteiger partial charge on any atom is -0.324 e. The Morgan fingerprint density at radius 1 is 1.11 bits per heavy atom. The fraction of sp³-hybridized carbons (Fsp3) is 0.250. The third-order valence-corrected chi connectivity index (χ3v) is 7.09. The summed E-state index contributed by atoms with van der Waals surface area (Å²) in [7, 11) is 0. The molecule has 3 aromatic carbocycles. The highest BCUT2D eigenvalue weighted by atomic mass is 35.5. The Morgan fingerprint density at radius 2 is 1.86 bits per heavy atom.